The summed E-state index contributed by atoms with van der Waals surface area (Å²) in [4.78, 5) is 16.9. The molecule has 0 bridgehead atoms. The molecule has 2 aliphatic rings. The lowest BCUT2D eigenvalue weighted by Gasteiger charge is -2.30. The van der Waals surface area contributed by atoms with E-state index >= 15 is 0 Å². The zero-order valence-electron chi connectivity index (χ0n) is 20.7. The molecule has 0 spiro atoms. The molecule has 0 aromatic heterocycles. The molecule has 0 amide bonds. The molecule has 2 aliphatic heterocycles. The number of nitrogens with zero attached hydrogens (tertiary/aromatic N) is 1. The van der Waals surface area contributed by atoms with E-state index in [-0.39, 0.29) is 12.8 Å². The standard InChI is InChI=1S/C29H32FNO4/c1-6-18-14-17(3)21(15-24(32)33)26(20(18)7-2)27-23(35-29(4,5)10-11-30)16-22-25-19(9-13-34-22)8-12-31-28(25)27/h6-7,14,16H,1-2,8-13,15H2,3-5H3,(H,32,33). The van der Waals surface area contributed by atoms with Crippen molar-refractivity contribution in [3.63, 3.8) is 0 Å². The van der Waals surface area contributed by atoms with Crippen LogP contribution >= 0.6 is 0 Å². The number of alkyl halides is 1. The van der Waals surface area contributed by atoms with Crippen LogP contribution in [0.4, 0.5) is 4.39 Å². The molecule has 0 unspecified atom stereocenters. The predicted octanol–water partition coefficient (Wildman–Crippen LogP) is 5.05. The van der Waals surface area contributed by atoms with Gasteiger partial charge in [-0.2, -0.15) is 0 Å². The van der Waals surface area contributed by atoms with E-state index in [0.717, 1.165) is 45.7 Å². The van der Waals surface area contributed by atoms with Crippen molar-refractivity contribution in [1.82, 2.24) is 0 Å². The van der Waals surface area contributed by atoms with Crippen molar-refractivity contribution >= 4 is 23.7 Å². The molecule has 0 saturated carbocycles. The van der Waals surface area contributed by atoms with Gasteiger partial charge < -0.3 is 14.6 Å². The van der Waals surface area contributed by atoms with E-state index in [2.05, 4.69) is 13.2 Å². The molecular formula is C29H32FNO4. The Hall–Kier alpha value is -3.41. The van der Waals surface area contributed by atoms with Crippen molar-refractivity contribution < 1.29 is 23.8 Å². The summed E-state index contributed by atoms with van der Waals surface area (Å²) in [6, 6.07) is 3.79. The maximum Gasteiger partial charge on any atom is 0.307 e. The fraction of sp³-hybridized carbons (Fsp3) is 0.379. The van der Waals surface area contributed by atoms with E-state index in [1.807, 2.05) is 32.9 Å². The molecule has 5 nitrogen and oxygen atoms in total. The highest BCUT2D eigenvalue weighted by Gasteiger charge is 2.29. The predicted molar refractivity (Wildman–Crippen MR) is 137 cm³/mol. The second-order valence-electron chi connectivity index (χ2n) is 9.63. The van der Waals surface area contributed by atoms with Crippen molar-refractivity contribution in [1.29, 1.82) is 0 Å². The minimum Gasteiger partial charge on any atom is -0.492 e. The summed E-state index contributed by atoms with van der Waals surface area (Å²) in [6.45, 7) is 14.3. The third-order valence-electron chi connectivity index (χ3n) is 6.74. The molecular weight excluding hydrogens is 445 g/mol. The molecule has 2 aromatic carbocycles. The summed E-state index contributed by atoms with van der Waals surface area (Å²) >= 11 is 0. The first-order chi connectivity index (χ1) is 16.7. The normalized spacial score (nSPS) is 14.5. The molecule has 0 aliphatic carbocycles. The van der Waals surface area contributed by atoms with E-state index in [0.29, 0.717) is 35.8 Å². The zero-order chi connectivity index (χ0) is 25.3. The smallest absolute Gasteiger partial charge is 0.307 e. The molecule has 6 heteroatoms. The van der Waals surface area contributed by atoms with E-state index in [1.54, 1.807) is 12.2 Å². The number of aryl methyl sites for hydroxylation is 1. The Morgan fingerprint density at radius 1 is 1.26 bits per heavy atom. The fourth-order valence-corrected chi connectivity index (χ4v) is 5.05. The van der Waals surface area contributed by atoms with Gasteiger partial charge >= 0.3 is 5.97 Å². The minimum atomic E-state index is -0.935. The highest BCUT2D eigenvalue weighted by Crippen LogP contribution is 2.40. The topological polar surface area (TPSA) is 68.1 Å². The quantitative estimate of drug-likeness (QED) is 0.549. The summed E-state index contributed by atoms with van der Waals surface area (Å²) in [5.41, 5.74) is 5.02. The van der Waals surface area contributed by atoms with E-state index in [9.17, 15) is 14.3 Å². The van der Waals surface area contributed by atoms with Crippen LogP contribution in [-0.2, 0) is 11.2 Å². The number of rotatable bonds is 9. The third kappa shape index (κ3) is 4.62. The number of hydrogen-bond donors (Lipinski definition) is 1. The summed E-state index contributed by atoms with van der Waals surface area (Å²) < 4.78 is 25.9. The van der Waals surface area contributed by atoms with Gasteiger partial charge in [0.25, 0.3) is 0 Å². The van der Waals surface area contributed by atoms with Gasteiger partial charge in [0.2, 0.25) is 0 Å². The molecule has 0 fully saturated rings. The van der Waals surface area contributed by atoms with Gasteiger partial charge in [-0.25, -0.2) is 0 Å². The zero-order valence-corrected chi connectivity index (χ0v) is 20.7. The maximum absolute atomic E-state index is 13.4. The van der Waals surface area contributed by atoms with Gasteiger partial charge in [-0.3, -0.25) is 14.2 Å². The van der Waals surface area contributed by atoms with Crippen LogP contribution in [0.5, 0.6) is 11.5 Å². The van der Waals surface area contributed by atoms with Crippen LogP contribution in [0, 0.1) is 6.92 Å². The first-order valence-corrected chi connectivity index (χ1v) is 12.0. The first kappa shape index (κ1) is 24.7. The highest BCUT2D eigenvalue weighted by molar-refractivity contribution is 5.89. The number of carboxylic acids is 1. The van der Waals surface area contributed by atoms with Crippen LogP contribution in [0.3, 0.4) is 0 Å². The lowest BCUT2D eigenvalue weighted by molar-refractivity contribution is -0.136. The first-order valence-electron chi connectivity index (χ1n) is 12.0. The molecule has 2 aromatic rings. The van der Waals surface area contributed by atoms with Crippen molar-refractivity contribution in [3.05, 3.63) is 58.1 Å². The number of benzene rings is 2. The molecule has 2 heterocycles. The third-order valence-corrected chi connectivity index (χ3v) is 6.74. The monoisotopic (exact) mass is 477 g/mol. The van der Waals surface area contributed by atoms with E-state index < -0.39 is 18.2 Å². The van der Waals surface area contributed by atoms with Crippen molar-refractivity contribution in [3.8, 4) is 22.6 Å². The van der Waals surface area contributed by atoms with Gasteiger partial charge in [0.1, 0.15) is 17.1 Å². The molecule has 35 heavy (non-hydrogen) atoms. The summed E-state index contributed by atoms with van der Waals surface area (Å²) in [6.07, 6.45) is 5.19. The number of hydrogen-bond acceptors (Lipinski definition) is 4. The molecule has 0 saturated heterocycles. The number of aliphatic carboxylic acids is 1. The Morgan fingerprint density at radius 2 is 2.03 bits per heavy atom. The Kier molecular flexibility index (Phi) is 6.84. The summed E-state index contributed by atoms with van der Waals surface area (Å²) in [7, 11) is 0. The van der Waals surface area contributed by atoms with Gasteiger partial charge in [-0.1, -0.05) is 36.9 Å². The van der Waals surface area contributed by atoms with Crippen LogP contribution in [0.2, 0.25) is 0 Å². The van der Waals surface area contributed by atoms with Crippen molar-refractivity contribution in [2.75, 3.05) is 19.8 Å². The summed E-state index contributed by atoms with van der Waals surface area (Å²) in [5, 5.41) is 11.5. The molecule has 1 N–H and O–H groups in total. The Balaban J connectivity index is 2.19. The van der Waals surface area contributed by atoms with Crippen LogP contribution in [-0.4, -0.2) is 36.5 Å². The van der Waals surface area contributed by atoms with Crippen LogP contribution in [0.25, 0.3) is 28.9 Å². The van der Waals surface area contributed by atoms with Crippen LogP contribution in [0.1, 0.15) is 55.4 Å². The highest BCUT2D eigenvalue weighted by atomic mass is 19.1. The van der Waals surface area contributed by atoms with Crippen molar-refractivity contribution in [2.24, 2.45) is 4.99 Å². The average molecular weight is 478 g/mol. The second kappa shape index (κ2) is 9.68. The average Bonchev–Trinajstić information content (AvgIpc) is 2.80. The Labute approximate surface area is 205 Å². The lowest BCUT2D eigenvalue weighted by atomic mass is 9.84. The number of carboxylic acid groups (broad SMARTS) is 1. The van der Waals surface area contributed by atoms with E-state index in [1.165, 1.54) is 5.57 Å². The van der Waals surface area contributed by atoms with Crippen LogP contribution in [0.15, 0.2) is 30.3 Å². The Bertz CT molecular complexity index is 1340. The number of ether oxygens (including phenoxy) is 2. The van der Waals surface area contributed by atoms with Gasteiger partial charge in [0.05, 0.1) is 30.6 Å². The lowest BCUT2D eigenvalue weighted by Crippen LogP contribution is -2.39. The second-order valence-corrected chi connectivity index (χ2v) is 9.63. The molecule has 0 atom stereocenters. The van der Waals surface area contributed by atoms with Gasteiger partial charge in [0.15, 0.2) is 0 Å². The summed E-state index contributed by atoms with van der Waals surface area (Å²) in [5.74, 6) is 0.269. The molecule has 0 radical (unpaired) electrons. The molecule has 184 valence electrons. The fourth-order valence-electron chi connectivity index (χ4n) is 5.05. The van der Waals surface area contributed by atoms with E-state index in [4.69, 9.17) is 14.5 Å². The van der Waals surface area contributed by atoms with Crippen LogP contribution < -0.4 is 20.0 Å². The molecule has 4 rings (SSSR count). The SMILES string of the molecule is C=Cc1cc(C)c(CC(=O)O)c(-c2c(OC(C)(C)CCF)cc3c4c2=NCCC=4CCO3)c1C=C. The number of halogens is 1. The van der Waals surface area contributed by atoms with Gasteiger partial charge in [0, 0.05) is 30.7 Å². The van der Waals surface area contributed by atoms with Gasteiger partial charge in [-0.05, 0) is 55.0 Å². The maximum atomic E-state index is 13.4. The number of carbonyl (C=O) groups is 1. The minimum absolute atomic E-state index is 0.170. The Morgan fingerprint density at radius 3 is 2.69 bits per heavy atom. The van der Waals surface area contributed by atoms with Crippen molar-refractivity contribution in [2.45, 2.75) is 52.1 Å². The van der Waals surface area contributed by atoms with Gasteiger partial charge in [-0.15, -0.1) is 0 Å². The largest absolute Gasteiger partial charge is 0.492 e.